The lowest BCUT2D eigenvalue weighted by Crippen LogP contribution is -2.27. The van der Waals surface area contributed by atoms with Crippen LogP contribution in [0.5, 0.6) is 0 Å². The fourth-order valence-corrected chi connectivity index (χ4v) is 5.73. The molecule has 0 aromatic carbocycles. The third-order valence-electron chi connectivity index (χ3n) is 3.21. The molecular formula is C14H20N2O2S3. The summed E-state index contributed by atoms with van der Waals surface area (Å²) in [6.07, 6.45) is 1.70. The lowest BCUT2D eigenvalue weighted by molar-refractivity contribution is 0.542. The van der Waals surface area contributed by atoms with Crippen LogP contribution >= 0.6 is 22.7 Å². The second-order valence-electron chi connectivity index (χ2n) is 4.85. The number of hydrogen-bond donors (Lipinski definition) is 2. The van der Waals surface area contributed by atoms with Crippen LogP contribution in [0.25, 0.3) is 0 Å². The molecule has 0 saturated heterocycles. The van der Waals surface area contributed by atoms with Gasteiger partial charge in [0.1, 0.15) is 4.21 Å². The van der Waals surface area contributed by atoms with Crippen LogP contribution in [-0.4, -0.2) is 8.42 Å². The van der Waals surface area contributed by atoms with Crippen molar-refractivity contribution < 1.29 is 8.42 Å². The van der Waals surface area contributed by atoms with Crippen molar-refractivity contribution in [3.05, 3.63) is 38.9 Å². The van der Waals surface area contributed by atoms with Crippen molar-refractivity contribution >= 4 is 32.7 Å². The van der Waals surface area contributed by atoms with Gasteiger partial charge >= 0.3 is 0 Å². The van der Waals surface area contributed by atoms with Crippen LogP contribution in [0.4, 0.5) is 0 Å². The maximum atomic E-state index is 12.6. The van der Waals surface area contributed by atoms with Gasteiger partial charge < -0.3 is 5.73 Å². The minimum absolute atomic E-state index is 0.163. The highest BCUT2D eigenvalue weighted by Crippen LogP contribution is 2.29. The van der Waals surface area contributed by atoms with E-state index in [1.54, 1.807) is 17.4 Å². The Kier molecular flexibility index (Phi) is 5.56. The molecule has 2 aromatic rings. The van der Waals surface area contributed by atoms with Crippen LogP contribution in [0.2, 0.25) is 0 Å². The van der Waals surface area contributed by atoms with E-state index in [9.17, 15) is 8.42 Å². The van der Waals surface area contributed by atoms with E-state index in [4.69, 9.17) is 5.73 Å². The molecule has 7 heteroatoms. The topological polar surface area (TPSA) is 72.2 Å². The van der Waals surface area contributed by atoms with E-state index in [2.05, 4.69) is 11.6 Å². The van der Waals surface area contributed by atoms with Crippen LogP contribution in [0.1, 0.15) is 41.1 Å². The highest BCUT2D eigenvalue weighted by molar-refractivity contribution is 7.91. The predicted molar refractivity (Wildman–Crippen MR) is 89.2 cm³/mol. The summed E-state index contributed by atoms with van der Waals surface area (Å²) in [5.74, 6) is 0. The van der Waals surface area contributed by atoms with E-state index in [1.165, 1.54) is 11.3 Å². The van der Waals surface area contributed by atoms with Gasteiger partial charge in [-0.05, 0) is 36.4 Å². The van der Waals surface area contributed by atoms with Crippen LogP contribution in [0.3, 0.4) is 0 Å². The SMILES string of the molecule is CCCC(NS(=O)(=O)c1cc(C)c(CN)s1)c1cccs1. The Morgan fingerprint density at radius 2 is 2.19 bits per heavy atom. The van der Waals surface area contributed by atoms with Crippen LogP contribution < -0.4 is 10.5 Å². The molecule has 116 valence electrons. The molecule has 0 radical (unpaired) electrons. The van der Waals surface area contributed by atoms with Crippen LogP contribution in [0, 0.1) is 6.92 Å². The van der Waals surface area contributed by atoms with E-state index >= 15 is 0 Å². The fraction of sp³-hybridized carbons (Fsp3) is 0.429. The number of thiophene rings is 2. The lowest BCUT2D eigenvalue weighted by Gasteiger charge is -2.16. The zero-order valence-corrected chi connectivity index (χ0v) is 14.6. The maximum Gasteiger partial charge on any atom is 0.250 e. The number of nitrogens with one attached hydrogen (secondary N) is 1. The molecule has 2 rings (SSSR count). The molecular weight excluding hydrogens is 324 g/mol. The minimum Gasteiger partial charge on any atom is -0.326 e. The Morgan fingerprint density at radius 1 is 1.43 bits per heavy atom. The van der Waals surface area contributed by atoms with E-state index in [0.29, 0.717) is 10.8 Å². The Labute approximate surface area is 134 Å². The van der Waals surface area contributed by atoms with Crippen molar-refractivity contribution in [2.24, 2.45) is 5.73 Å². The number of hydrogen-bond acceptors (Lipinski definition) is 5. The first-order valence-corrected chi connectivity index (χ1v) is 10.0. The smallest absolute Gasteiger partial charge is 0.250 e. The average molecular weight is 345 g/mol. The van der Waals surface area contributed by atoms with E-state index in [1.807, 2.05) is 24.4 Å². The number of sulfonamides is 1. The van der Waals surface area contributed by atoms with Gasteiger partial charge in [0.25, 0.3) is 10.0 Å². The normalized spacial score (nSPS) is 13.5. The summed E-state index contributed by atoms with van der Waals surface area (Å²) in [6.45, 7) is 4.31. The van der Waals surface area contributed by atoms with Gasteiger partial charge in [-0.25, -0.2) is 13.1 Å². The largest absolute Gasteiger partial charge is 0.326 e. The summed E-state index contributed by atoms with van der Waals surface area (Å²) in [6, 6.07) is 5.45. The fourth-order valence-electron chi connectivity index (χ4n) is 2.11. The van der Waals surface area contributed by atoms with Crippen LogP contribution in [0.15, 0.2) is 27.8 Å². The molecule has 4 nitrogen and oxygen atoms in total. The molecule has 3 N–H and O–H groups in total. The Bertz CT molecular complexity index is 675. The zero-order valence-electron chi connectivity index (χ0n) is 12.1. The van der Waals surface area contributed by atoms with Gasteiger partial charge in [0.05, 0.1) is 6.04 Å². The van der Waals surface area contributed by atoms with Gasteiger partial charge in [0, 0.05) is 16.3 Å². The Balaban J connectivity index is 2.25. The molecule has 0 aliphatic rings. The van der Waals surface area contributed by atoms with Crippen molar-refractivity contribution in [3.63, 3.8) is 0 Å². The second-order valence-corrected chi connectivity index (χ2v) is 8.91. The molecule has 2 heterocycles. The molecule has 0 spiro atoms. The van der Waals surface area contributed by atoms with Gasteiger partial charge in [-0.3, -0.25) is 0 Å². The lowest BCUT2D eigenvalue weighted by atomic mass is 10.1. The van der Waals surface area contributed by atoms with E-state index < -0.39 is 10.0 Å². The average Bonchev–Trinajstić information content (AvgIpc) is 3.07. The van der Waals surface area contributed by atoms with Crippen LogP contribution in [-0.2, 0) is 16.6 Å². The molecule has 0 aliphatic carbocycles. The predicted octanol–water partition coefficient (Wildman–Crippen LogP) is 3.40. The maximum absolute atomic E-state index is 12.6. The number of rotatable bonds is 7. The molecule has 0 saturated carbocycles. The number of aryl methyl sites for hydroxylation is 1. The molecule has 21 heavy (non-hydrogen) atoms. The quantitative estimate of drug-likeness (QED) is 0.808. The minimum atomic E-state index is -3.50. The Hall–Kier alpha value is -0.730. The zero-order chi connectivity index (χ0) is 15.5. The van der Waals surface area contributed by atoms with Crippen molar-refractivity contribution in [1.29, 1.82) is 0 Å². The summed E-state index contributed by atoms with van der Waals surface area (Å²) in [4.78, 5) is 1.96. The van der Waals surface area contributed by atoms with Crippen molar-refractivity contribution in [2.45, 2.75) is 43.5 Å². The first-order chi connectivity index (χ1) is 9.97. The molecule has 0 fully saturated rings. The summed E-state index contributed by atoms with van der Waals surface area (Å²) in [5, 5.41) is 1.97. The molecule has 1 unspecified atom stereocenters. The molecule has 1 atom stereocenters. The number of nitrogens with two attached hydrogens (primary N) is 1. The molecule has 0 amide bonds. The first-order valence-electron chi connectivity index (χ1n) is 6.83. The van der Waals surface area contributed by atoms with Gasteiger partial charge in [-0.1, -0.05) is 19.4 Å². The standard InChI is InChI=1S/C14H20N2O2S3/c1-3-5-11(12-6-4-7-19-12)16-21(17,18)14-8-10(2)13(9-15)20-14/h4,6-8,11,16H,3,5,9,15H2,1-2H3. The van der Waals surface area contributed by atoms with Gasteiger partial charge in [0.2, 0.25) is 0 Å². The third-order valence-corrected chi connectivity index (χ3v) is 7.40. The van der Waals surface area contributed by atoms with Crippen molar-refractivity contribution in [2.75, 3.05) is 0 Å². The first kappa shape index (κ1) is 16.6. The highest BCUT2D eigenvalue weighted by Gasteiger charge is 2.24. The summed E-state index contributed by atoms with van der Waals surface area (Å²) in [5.41, 5.74) is 6.57. The van der Waals surface area contributed by atoms with Crippen molar-refractivity contribution in [1.82, 2.24) is 4.72 Å². The van der Waals surface area contributed by atoms with Gasteiger partial charge in [-0.15, -0.1) is 22.7 Å². The monoisotopic (exact) mass is 344 g/mol. The summed E-state index contributed by atoms with van der Waals surface area (Å²) in [7, 11) is -3.50. The van der Waals surface area contributed by atoms with Gasteiger partial charge in [0.15, 0.2) is 0 Å². The summed E-state index contributed by atoms with van der Waals surface area (Å²) < 4.78 is 28.3. The van der Waals surface area contributed by atoms with Gasteiger partial charge in [-0.2, -0.15) is 0 Å². The molecule has 0 bridgehead atoms. The molecule has 2 aromatic heterocycles. The third kappa shape index (κ3) is 3.92. The van der Waals surface area contributed by atoms with E-state index in [-0.39, 0.29) is 6.04 Å². The highest BCUT2D eigenvalue weighted by atomic mass is 32.2. The van der Waals surface area contributed by atoms with E-state index in [0.717, 1.165) is 28.2 Å². The van der Waals surface area contributed by atoms with Crippen molar-refractivity contribution in [3.8, 4) is 0 Å². The summed E-state index contributed by atoms with van der Waals surface area (Å²) >= 11 is 2.83. The second kappa shape index (κ2) is 7.02. The Morgan fingerprint density at radius 3 is 2.71 bits per heavy atom. The molecule has 0 aliphatic heterocycles.